The summed E-state index contributed by atoms with van der Waals surface area (Å²) in [6.07, 6.45) is 4.47. The number of nitrogens with zero attached hydrogens (tertiary/aromatic N) is 2. The number of thiophene rings is 1. The molecule has 3 rings (SSSR count). The molecule has 0 radical (unpaired) electrons. The Kier molecular flexibility index (Phi) is 4.05. The maximum Gasteiger partial charge on any atom is 0.264 e. The Hall–Kier alpha value is -1.36. The minimum absolute atomic E-state index is 0.105. The van der Waals surface area contributed by atoms with Crippen molar-refractivity contribution < 1.29 is 9.59 Å². The summed E-state index contributed by atoms with van der Waals surface area (Å²) in [5.74, 6) is 0.660. The zero-order chi connectivity index (χ0) is 13.9. The molecule has 0 atom stereocenters. The zero-order valence-electron chi connectivity index (χ0n) is 11.6. The van der Waals surface area contributed by atoms with Crippen LogP contribution in [0.15, 0.2) is 17.5 Å². The number of piperazine rings is 1. The second-order valence-corrected chi connectivity index (χ2v) is 6.52. The fraction of sp³-hybridized carbons (Fsp3) is 0.600. The molecule has 20 heavy (non-hydrogen) atoms. The highest BCUT2D eigenvalue weighted by molar-refractivity contribution is 7.12. The van der Waals surface area contributed by atoms with Crippen molar-refractivity contribution in [3.05, 3.63) is 22.4 Å². The van der Waals surface area contributed by atoms with E-state index in [1.807, 2.05) is 27.3 Å². The van der Waals surface area contributed by atoms with Gasteiger partial charge >= 0.3 is 0 Å². The second kappa shape index (κ2) is 5.95. The van der Waals surface area contributed by atoms with Gasteiger partial charge < -0.3 is 9.80 Å². The van der Waals surface area contributed by atoms with Gasteiger partial charge in [0.05, 0.1) is 4.88 Å². The van der Waals surface area contributed by atoms with E-state index in [0.29, 0.717) is 32.1 Å². The van der Waals surface area contributed by atoms with Crippen molar-refractivity contribution >= 4 is 23.2 Å². The highest BCUT2D eigenvalue weighted by Gasteiger charge is 2.30. The molecule has 4 nitrogen and oxygen atoms in total. The van der Waals surface area contributed by atoms with Crippen molar-refractivity contribution in [2.45, 2.75) is 25.7 Å². The van der Waals surface area contributed by atoms with Crippen LogP contribution in [0.1, 0.15) is 35.4 Å². The van der Waals surface area contributed by atoms with Gasteiger partial charge in [0, 0.05) is 32.1 Å². The molecular formula is C15H20N2O2S. The molecule has 1 saturated heterocycles. The van der Waals surface area contributed by atoms with E-state index in [1.165, 1.54) is 24.2 Å². The minimum atomic E-state index is 0.105. The van der Waals surface area contributed by atoms with Gasteiger partial charge in [-0.3, -0.25) is 9.59 Å². The highest BCUT2D eigenvalue weighted by Crippen LogP contribution is 2.27. The van der Waals surface area contributed by atoms with Gasteiger partial charge in [-0.2, -0.15) is 0 Å². The largest absolute Gasteiger partial charge is 0.339 e. The Labute approximate surface area is 123 Å². The minimum Gasteiger partial charge on any atom is -0.339 e. The highest BCUT2D eigenvalue weighted by atomic mass is 32.1. The molecule has 1 aliphatic carbocycles. The normalized spacial score (nSPS) is 20.4. The predicted octanol–water partition coefficient (Wildman–Crippen LogP) is 2.22. The number of amides is 2. The molecule has 2 heterocycles. The van der Waals surface area contributed by atoms with Crippen molar-refractivity contribution in [2.24, 2.45) is 5.92 Å². The van der Waals surface area contributed by atoms with E-state index in [-0.39, 0.29) is 11.8 Å². The lowest BCUT2D eigenvalue weighted by Crippen LogP contribution is -2.51. The average molecular weight is 292 g/mol. The topological polar surface area (TPSA) is 40.6 Å². The summed E-state index contributed by atoms with van der Waals surface area (Å²) in [7, 11) is 0. The van der Waals surface area contributed by atoms with Gasteiger partial charge in [-0.05, 0) is 24.3 Å². The Morgan fingerprint density at radius 1 is 1.05 bits per heavy atom. The van der Waals surface area contributed by atoms with Crippen LogP contribution in [0, 0.1) is 5.92 Å². The molecule has 0 unspecified atom stereocenters. The van der Waals surface area contributed by atoms with Crippen LogP contribution in [0.25, 0.3) is 0 Å². The molecule has 2 amide bonds. The van der Waals surface area contributed by atoms with Crippen molar-refractivity contribution in [3.63, 3.8) is 0 Å². The standard InChI is InChI=1S/C15H20N2O2S/c18-14(12-4-1-2-5-12)16-7-9-17(10-8-16)15(19)13-6-3-11-20-13/h3,6,11-12H,1-2,4-5,7-10H2. The van der Waals surface area contributed by atoms with Gasteiger partial charge in [-0.1, -0.05) is 18.9 Å². The van der Waals surface area contributed by atoms with E-state index >= 15 is 0 Å². The van der Waals surface area contributed by atoms with Crippen molar-refractivity contribution in [1.82, 2.24) is 9.80 Å². The third kappa shape index (κ3) is 2.73. The molecule has 1 aromatic rings. The first-order chi connectivity index (χ1) is 9.75. The third-order valence-electron chi connectivity index (χ3n) is 4.31. The molecule has 5 heteroatoms. The lowest BCUT2D eigenvalue weighted by atomic mass is 10.1. The van der Waals surface area contributed by atoms with Crippen LogP contribution in [-0.4, -0.2) is 47.8 Å². The van der Waals surface area contributed by atoms with Crippen LogP contribution < -0.4 is 0 Å². The Morgan fingerprint density at radius 2 is 1.70 bits per heavy atom. The van der Waals surface area contributed by atoms with Crippen LogP contribution in [0.3, 0.4) is 0 Å². The van der Waals surface area contributed by atoms with E-state index in [2.05, 4.69) is 0 Å². The first-order valence-electron chi connectivity index (χ1n) is 7.37. The van der Waals surface area contributed by atoms with E-state index in [9.17, 15) is 9.59 Å². The monoisotopic (exact) mass is 292 g/mol. The summed E-state index contributed by atoms with van der Waals surface area (Å²) in [5.41, 5.74) is 0. The average Bonchev–Trinajstić information content (AvgIpc) is 3.18. The molecule has 1 aromatic heterocycles. The molecule has 1 aliphatic heterocycles. The second-order valence-electron chi connectivity index (χ2n) is 5.58. The number of carbonyl (C=O) groups is 2. The van der Waals surface area contributed by atoms with Crippen LogP contribution in [0.2, 0.25) is 0 Å². The van der Waals surface area contributed by atoms with E-state index in [1.54, 1.807) is 0 Å². The summed E-state index contributed by atoms with van der Waals surface area (Å²) >= 11 is 1.48. The van der Waals surface area contributed by atoms with Gasteiger partial charge in [0.1, 0.15) is 0 Å². The SMILES string of the molecule is O=C(c1cccs1)N1CCN(C(=O)C2CCCC2)CC1. The maximum atomic E-state index is 12.3. The van der Waals surface area contributed by atoms with Crippen molar-refractivity contribution in [2.75, 3.05) is 26.2 Å². The molecule has 2 aliphatic rings. The quantitative estimate of drug-likeness (QED) is 0.838. The lowest BCUT2D eigenvalue weighted by molar-refractivity contribution is -0.136. The van der Waals surface area contributed by atoms with Crippen molar-refractivity contribution in [3.8, 4) is 0 Å². The van der Waals surface area contributed by atoms with Gasteiger partial charge in [0.15, 0.2) is 0 Å². The van der Waals surface area contributed by atoms with Gasteiger partial charge in [0.25, 0.3) is 5.91 Å². The van der Waals surface area contributed by atoms with Gasteiger partial charge in [-0.15, -0.1) is 11.3 Å². The molecule has 108 valence electrons. The smallest absolute Gasteiger partial charge is 0.264 e. The summed E-state index contributed by atoms with van der Waals surface area (Å²) in [4.78, 5) is 29.2. The van der Waals surface area contributed by atoms with Crippen molar-refractivity contribution in [1.29, 1.82) is 0 Å². The lowest BCUT2D eigenvalue weighted by Gasteiger charge is -2.35. The van der Waals surface area contributed by atoms with Gasteiger partial charge in [-0.25, -0.2) is 0 Å². The van der Waals surface area contributed by atoms with E-state index < -0.39 is 0 Å². The van der Waals surface area contributed by atoms with E-state index in [0.717, 1.165) is 17.7 Å². The number of carbonyl (C=O) groups excluding carboxylic acids is 2. The molecule has 0 spiro atoms. The van der Waals surface area contributed by atoms with Crippen LogP contribution in [0.5, 0.6) is 0 Å². The Balaban J connectivity index is 1.54. The fourth-order valence-electron chi connectivity index (χ4n) is 3.12. The zero-order valence-corrected chi connectivity index (χ0v) is 12.4. The van der Waals surface area contributed by atoms with Crippen LogP contribution in [-0.2, 0) is 4.79 Å². The molecule has 1 saturated carbocycles. The fourth-order valence-corrected chi connectivity index (χ4v) is 3.81. The summed E-state index contributed by atoms with van der Waals surface area (Å²) in [6, 6.07) is 3.76. The van der Waals surface area contributed by atoms with Gasteiger partial charge in [0.2, 0.25) is 5.91 Å². The molecule has 0 N–H and O–H groups in total. The van der Waals surface area contributed by atoms with Crippen LogP contribution >= 0.6 is 11.3 Å². The predicted molar refractivity (Wildman–Crippen MR) is 78.8 cm³/mol. The maximum absolute atomic E-state index is 12.3. The molecule has 0 aromatic carbocycles. The number of hydrogen-bond donors (Lipinski definition) is 0. The summed E-state index contributed by atoms with van der Waals surface area (Å²) < 4.78 is 0. The molecule has 0 bridgehead atoms. The summed E-state index contributed by atoms with van der Waals surface area (Å²) in [6.45, 7) is 2.70. The van der Waals surface area contributed by atoms with Crippen LogP contribution in [0.4, 0.5) is 0 Å². The number of rotatable bonds is 2. The molecule has 2 fully saturated rings. The Bertz CT molecular complexity index is 472. The third-order valence-corrected chi connectivity index (χ3v) is 5.17. The van der Waals surface area contributed by atoms with E-state index in [4.69, 9.17) is 0 Å². The summed E-state index contributed by atoms with van der Waals surface area (Å²) in [5, 5.41) is 1.92. The molecular weight excluding hydrogens is 272 g/mol. The first kappa shape index (κ1) is 13.6. The first-order valence-corrected chi connectivity index (χ1v) is 8.25. The Morgan fingerprint density at radius 3 is 2.30 bits per heavy atom. The number of hydrogen-bond acceptors (Lipinski definition) is 3.